The highest BCUT2D eigenvalue weighted by molar-refractivity contribution is 7.86. The molecule has 0 spiro atoms. The second-order valence-electron chi connectivity index (χ2n) is 4.23. The van der Waals surface area contributed by atoms with Gasteiger partial charge in [-0.3, -0.25) is 8.98 Å². The molecular weight excluding hydrogens is 252 g/mol. The standard InChI is InChI=1S/C13H18O4S/c1-3-12(9-11-7-5-4-6-8-11)13(14)10-17-18(2,15)16/h4-8,12H,3,9-10H2,1-2H3. The number of hydrogen-bond donors (Lipinski definition) is 0. The molecule has 0 radical (unpaired) electrons. The van der Waals surface area contributed by atoms with E-state index < -0.39 is 10.1 Å². The number of carbonyl (C=O) groups excluding carboxylic acids is 1. The predicted octanol–water partition coefficient (Wildman–Crippen LogP) is 1.80. The van der Waals surface area contributed by atoms with Crippen LogP contribution in [0.4, 0.5) is 0 Å². The van der Waals surface area contributed by atoms with Crippen molar-refractivity contribution in [2.75, 3.05) is 12.9 Å². The number of carbonyl (C=O) groups is 1. The van der Waals surface area contributed by atoms with Gasteiger partial charge in [-0.2, -0.15) is 8.42 Å². The van der Waals surface area contributed by atoms with Crippen molar-refractivity contribution < 1.29 is 17.4 Å². The molecule has 0 amide bonds. The van der Waals surface area contributed by atoms with E-state index in [1.807, 2.05) is 37.3 Å². The highest BCUT2D eigenvalue weighted by atomic mass is 32.2. The van der Waals surface area contributed by atoms with Crippen LogP contribution in [0.25, 0.3) is 0 Å². The molecule has 5 heteroatoms. The van der Waals surface area contributed by atoms with Crippen LogP contribution in [0.1, 0.15) is 18.9 Å². The second kappa shape index (κ2) is 6.66. The van der Waals surface area contributed by atoms with Crippen molar-refractivity contribution in [3.63, 3.8) is 0 Å². The molecule has 1 aromatic carbocycles. The van der Waals surface area contributed by atoms with Crippen LogP contribution in [0, 0.1) is 5.92 Å². The largest absolute Gasteiger partial charge is 0.297 e. The van der Waals surface area contributed by atoms with Gasteiger partial charge in [-0.05, 0) is 18.4 Å². The molecule has 0 saturated carbocycles. The highest BCUT2D eigenvalue weighted by Crippen LogP contribution is 2.13. The Morgan fingerprint density at radius 1 is 1.28 bits per heavy atom. The number of benzene rings is 1. The Labute approximate surface area is 108 Å². The maximum atomic E-state index is 11.8. The molecule has 0 heterocycles. The van der Waals surface area contributed by atoms with Crippen molar-refractivity contribution in [1.82, 2.24) is 0 Å². The molecule has 1 rings (SSSR count). The molecule has 4 nitrogen and oxygen atoms in total. The van der Waals surface area contributed by atoms with Crippen LogP contribution in [0.2, 0.25) is 0 Å². The van der Waals surface area contributed by atoms with Gasteiger partial charge in [0.25, 0.3) is 10.1 Å². The number of Topliss-reactive ketones (excluding diaryl/α,β-unsaturated/α-hetero) is 1. The van der Waals surface area contributed by atoms with Crippen LogP contribution in [0.3, 0.4) is 0 Å². The van der Waals surface area contributed by atoms with E-state index in [1.165, 1.54) is 0 Å². The molecular formula is C13H18O4S. The van der Waals surface area contributed by atoms with E-state index in [1.54, 1.807) is 0 Å². The summed E-state index contributed by atoms with van der Waals surface area (Å²) in [6.07, 6.45) is 2.22. The molecule has 0 fully saturated rings. The average molecular weight is 270 g/mol. The third-order valence-electron chi connectivity index (χ3n) is 2.69. The van der Waals surface area contributed by atoms with Crippen molar-refractivity contribution in [3.8, 4) is 0 Å². The Morgan fingerprint density at radius 2 is 1.89 bits per heavy atom. The van der Waals surface area contributed by atoms with Crippen molar-refractivity contribution in [3.05, 3.63) is 35.9 Å². The van der Waals surface area contributed by atoms with Crippen LogP contribution < -0.4 is 0 Å². The minimum Gasteiger partial charge on any atom is -0.297 e. The Morgan fingerprint density at radius 3 is 2.39 bits per heavy atom. The smallest absolute Gasteiger partial charge is 0.264 e. The first-order valence-electron chi connectivity index (χ1n) is 5.83. The van der Waals surface area contributed by atoms with Crippen LogP contribution in [-0.4, -0.2) is 27.1 Å². The first-order valence-corrected chi connectivity index (χ1v) is 7.65. The van der Waals surface area contributed by atoms with Crippen LogP contribution in [-0.2, 0) is 25.5 Å². The predicted molar refractivity (Wildman–Crippen MR) is 69.7 cm³/mol. The van der Waals surface area contributed by atoms with Gasteiger partial charge in [0.15, 0.2) is 5.78 Å². The molecule has 1 unspecified atom stereocenters. The maximum Gasteiger partial charge on any atom is 0.264 e. The van der Waals surface area contributed by atoms with Gasteiger partial charge in [0.2, 0.25) is 0 Å². The molecule has 18 heavy (non-hydrogen) atoms. The van der Waals surface area contributed by atoms with Crippen LogP contribution >= 0.6 is 0 Å². The third kappa shape index (κ3) is 5.42. The zero-order chi connectivity index (χ0) is 13.6. The SMILES string of the molecule is CCC(Cc1ccccc1)C(=O)COS(C)(=O)=O. The highest BCUT2D eigenvalue weighted by Gasteiger charge is 2.18. The maximum absolute atomic E-state index is 11.8. The van der Waals surface area contributed by atoms with E-state index >= 15 is 0 Å². The normalized spacial score (nSPS) is 13.2. The van der Waals surface area contributed by atoms with E-state index in [4.69, 9.17) is 0 Å². The molecule has 0 saturated heterocycles. The summed E-state index contributed by atoms with van der Waals surface area (Å²) in [5.74, 6) is -0.374. The fraction of sp³-hybridized carbons (Fsp3) is 0.462. The topological polar surface area (TPSA) is 60.4 Å². The lowest BCUT2D eigenvalue weighted by atomic mass is 9.93. The monoisotopic (exact) mass is 270 g/mol. The van der Waals surface area contributed by atoms with E-state index in [2.05, 4.69) is 4.18 Å². The van der Waals surface area contributed by atoms with Crippen molar-refractivity contribution in [2.24, 2.45) is 5.92 Å². The minimum absolute atomic E-state index is 0.174. The fourth-order valence-electron chi connectivity index (χ4n) is 1.67. The molecule has 0 aromatic heterocycles. The Bertz CT molecular complexity index is 479. The van der Waals surface area contributed by atoms with Crippen molar-refractivity contribution >= 4 is 15.9 Å². The summed E-state index contributed by atoms with van der Waals surface area (Å²) in [6.45, 7) is 1.54. The summed E-state index contributed by atoms with van der Waals surface area (Å²) in [5.41, 5.74) is 1.07. The lowest BCUT2D eigenvalue weighted by molar-refractivity contribution is -0.124. The van der Waals surface area contributed by atoms with E-state index in [0.717, 1.165) is 11.8 Å². The molecule has 1 atom stereocenters. The van der Waals surface area contributed by atoms with Gasteiger partial charge in [0.05, 0.1) is 6.26 Å². The summed E-state index contributed by atoms with van der Waals surface area (Å²) in [4.78, 5) is 11.8. The van der Waals surface area contributed by atoms with Gasteiger partial charge in [-0.25, -0.2) is 0 Å². The number of hydrogen-bond acceptors (Lipinski definition) is 4. The first kappa shape index (κ1) is 14.9. The summed E-state index contributed by atoms with van der Waals surface area (Å²) < 4.78 is 26.2. The van der Waals surface area contributed by atoms with Gasteiger partial charge < -0.3 is 0 Å². The molecule has 0 aliphatic carbocycles. The van der Waals surface area contributed by atoms with Gasteiger partial charge in [0, 0.05) is 5.92 Å². The van der Waals surface area contributed by atoms with Gasteiger partial charge in [0.1, 0.15) is 6.61 Å². The van der Waals surface area contributed by atoms with E-state index in [-0.39, 0.29) is 18.3 Å². The Balaban J connectivity index is 2.58. The van der Waals surface area contributed by atoms with Crippen LogP contribution in [0.15, 0.2) is 30.3 Å². The van der Waals surface area contributed by atoms with E-state index in [9.17, 15) is 13.2 Å². The number of rotatable bonds is 7. The molecule has 0 N–H and O–H groups in total. The molecule has 0 aliphatic rings. The van der Waals surface area contributed by atoms with Gasteiger partial charge in [-0.1, -0.05) is 37.3 Å². The zero-order valence-corrected chi connectivity index (χ0v) is 11.4. The number of ketones is 1. The second-order valence-corrected chi connectivity index (χ2v) is 5.87. The summed E-state index contributed by atoms with van der Waals surface area (Å²) in [5, 5.41) is 0. The minimum atomic E-state index is -3.55. The fourth-order valence-corrected chi connectivity index (χ4v) is 2.00. The van der Waals surface area contributed by atoms with Gasteiger partial charge >= 0.3 is 0 Å². The Hall–Kier alpha value is -1.20. The average Bonchev–Trinajstić information content (AvgIpc) is 2.33. The van der Waals surface area contributed by atoms with Crippen molar-refractivity contribution in [2.45, 2.75) is 19.8 Å². The lowest BCUT2D eigenvalue weighted by Crippen LogP contribution is -2.23. The summed E-state index contributed by atoms with van der Waals surface area (Å²) in [7, 11) is -3.55. The molecule has 0 bridgehead atoms. The Kier molecular flexibility index (Phi) is 5.50. The van der Waals surface area contributed by atoms with Crippen molar-refractivity contribution in [1.29, 1.82) is 0 Å². The van der Waals surface area contributed by atoms with Gasteiger partial charge in [-0.15, -0.1) is 0 Å². The third-order valence-corrected chi connectivity index (χ3v) is 3.23. The lowest BCUT2D eigenvalue weighted by Gasteiger charge is -2.13. The summed E-state index contributed by atoms with van der Waals surface area (Å²) in [6, 6.07) is 9.65. The quantitative estimate of drug-likeness (QED) is 0.709. The molecule has 0 aliphatic heterocycles. The molecule has 100 valence electrons. The zero-order valence-electron chi connectivity index (χ0n) is 10.6. The van der Waals surface area contributed by atoms with E-state index in [0.29, 0.717) is 12.8 Å². The van der Waals surface area contributed by atoms with Crippen LogP contribution in [0.5, 0.6) is 0 Å². The molecule has 1 aromatic rings. The summed E-state index contributed by atoms with van der Waals surface area (Å²) >= 11 is 0. The first-order chi connectivity index (χ1) is 8.42.